The molecule has 2 aromatic heterocycles. The number of hydrogen-bond acceptors (Lipinski definition) is 5. The van der Waals surface area contributed by atoms with Crippen LogP contribution in [0.5, 0.6) is 6.01 Å². The van der Waals surface area contributed by atoms with E-state index in [1.54, 1.807) is 18.6 Å². The van der Waals surface area contributed by atoms with E-state index in [0.29, 0.717) is 11.7 Å². The molecule has 0 aliphatic rings. The molecule has 0 spiro atoms. The number of ether oxygens (including phenoxy) is 1. The number of aromatic nitrogens is 3. The molecule has 5 heteroatoms. The minimum absolute atomic E-state index is 0.344. The summed E-state index contributed by atoms with van der Waals surface area (Å²) in [5.74, 6) is 0. The van der Waals surface area contributed by atoms with Gasteiger partial charge in [0.15, 0.2) is 0 Å². The summed E-state index contributed by atoms with van der Waals surface area (Å²) in [5.41, 5.74) is 8.96. The minimum Gasteiger partial charge on any atom is -0.467 e. The van der Waals surface area contributed by atoms with Gasteiger partial charge in [-0.3, -0.25) is 4.98 Å². The van der Waals surface area contributed by atoms with E-state index in [1.807, 2.05) is 13.0 Å². The van der Waals surface area contributed by atoms with Crippen LogP contribution < -0.4 is 10.5 Å². The van der Waals surface area contributed by atoms with E-state index in [2.05, 4.69) is 15.0 Å². The van der Waals surface area contributed by atoms with Gasteiger partial charge in [-0.15, -0.1) is 0 Å². The van der Waals surface area contributed by atoms with E-state index >= 15 is 0 Å². The summed E-state index contributed by atoms with van der Waals surface area (Å²) in [5, 5.41) is 0. The first-order valence-corrected chi connectivity index (χ1v) is 4.79. The van der Waals surface area contributed by atoms with Gasteiger partial charge in [-0.2, -0.15) is 0 Å². The highest BCUT2D eigenvalue weighted by Crippen LogP contribution is 2.21. The summed E-state index contributed by atoms with van der Waals surface area (Å²) < 4.78 is 4.89. The predicted molar refractivity (Wildman–Crippen MR) is 61.0 cm³/mol. The Kier molecular flexibility index (Phi) is 2.68. The van der Waals surface area contributed by atoms with Crippen molar-refractivity contribution in [3.05, 3.63) is 30.2 Å². The van der Waals surface area contributed by atoms with Crippen molar-refractivity contribution in [1.29, 1.82) is 0 Å². The van der Waals surface area contributed by atoms with E-state index in [9.17, 15) is 0 Å². The molecule has 0 radical (unpaired) electrons. The Bertz CT molecular complexity index is 496. The highest BCUT2D eigenvalue weighted by atomic mass is 16.5. The summed E-state index contributed by atoms with van der Waals surface area (Å²) in [7, 11) is 1.53. The van der Waals surface area contributed by atoms with Gasteiger partial charge in [0.1, 0.15) is 0 Å². The molecule has 2 rings (SSSR count). The second-order valence-corrected chi connectivity index (χ2v) is 3.39. The Balaban J connectivity index is 2.42. The normalized spacial score (nSPS) is 10.1. The van der Waals surface area contributed by atoms with Crippen LogP contribution in [0, 0.1) is 6.92 Å². The molecule has 5 nitrogen and oxygen atoms in total. The molecule has 0 unspecified atom stereocenters. The third-order valence-corrected chi connectivity index (χ3v) is 2.18. The first-order valence-electron chi connectivity index (χ1n) is 4.79. The van der Waals surface area contributed by atoms with Crippen LogP contribution >= 0.6 is 0 Å². The summed E-state index contributed by atoms with van der Waals surface area (Å²) in [6.45, 7) is 1.95. The topological polar surface area (TPSA) is 73.9 Å². The monoisotopic (exact) mass is 216 g/mol. The Morgan fingerprint density at radius 2 is 1.81 bits per heavy atom. The molecule has 0 aliphatic heterocycles. The van der Waals surface area contributed by atoms with Crippen LogP contribution in [0.3, 0.4) is 0 Å². The fraction of sp³-hybridized carbons (Fsp3) is 0.182. The summed E-state index contributed by atoms with van der Waals surface area (Å²) in [4.78, 5) is 12.3. The molecule has 0 aromatic carbocycles. The second-order valence-electron chi connectivity index (χ2n) is 3.39. The van der Waals surface area contributed by atoms with Gasteiger partial charge in [0.05, 0.1) is 24.7 Å². The Morgan fingerprint density at radius 1 is 1.12 bits per heavy atom. The zero-order valence-electron chi connectivity index (χ0n) is 9.14. The Morgan fingerprint density at radius 3 is 2.38 bits per heavy atom. The Labute approximate surface area is 93.3 Å². The Hall–Kier alpha value is -2.17. The van der Waals surface area contributed by atoms with Gasteiger partial charge in [0.25, 0.3) is 0 Å². The average Bonchev–Trinajstić information content (AvgIpc) is 2.29. The van der Waals surface area contributed by atoms with Crippen molar-refractivity contribution >= 4 is 5.69 Å². The molecule has 0 fully saturated rings. The standard InChI is InChI=1S/C11H12N4O/c1-7-3-9(12)6-13-10(7)8-4-14-11(16-2)15-5-8/h3-6H,12H2,1-2H3. The maximum Gasteiger partial charge on any atom is 0.316 e. The molecular formula is C11H12N4O. The van der Waals surface area contributed by atoms with E-state index in [-0.39, 0.29) is 0 Å². The quantitative estimate of drug-likeness (QED) is 0.822. The van der Waals surface area contributed by atoms with E-state index in [1.165, 1.54) is 7.11 Å². The van der Waals surface area contributed by atoms with Crippen LogP contribution in [0.1, 0.15) is 5.56 Å². The molecule has 0 amide bonds. The number of pyridine rings is 1. The van der Waals surface area contributed by atoms with Crippen molar-refractivity contribution in [3.63, 3.8) is 0 Å². The van der Waals surface area contributed by atoms with Crippen LogP contribution in [0.4, 0.5) is 5.69 Å². The molecule has 2 aromatic rings. The summed E-state index contributed by atoms with van der Waals surface area (Å²) >= 11 is 0. The SMILES string of the molecule is COc1ncc(-c2ncc(N)cc2C)cn1. The van der Waals surface area contributed by atoms with Crippen molar-refractivity contribution in [1.82, 2.24) is 15.0 Å². The zero-order chi connectivity index (χ0) is 11.5. The molecule has 2 N–H and O–H groups in total. The fourth-order valence-corrected chi connectivity index (χ4v) is 1.44. The molecule has 82 valence electrons. The maximum absolute atomic E-state index is 5.64. The largest absolute Gasteiger partial charge is 0.467 e. The highest BCUT2D eigenvalue weighted by molar-refractivity contribution is 5.63. The first-order chi connectivity index (χ1) is 7.70. The lowest BCUT2D eigenvalue weighted by molar-refractivity contribution is 0.380. The van der Waals surface area contributed by atoms with Crippen LogP contribution in [0.2, 0.25) is 0 Å². The van der Waals surface area contributed by atoms with Gasteiger partial charge in [-0.25, -0.2) is 9.97 Å². The molecule has 0 aliphatic carbocycles. The van der Waals surface area contributed by atoms with Crippen molar-refractivity contribution in [2.45, 2.75) is 6.92 Å². The number of hydrogen-bond donors (Lipinski definition) is 1. The van der Waals surface area contributed by atoms with Crippen molar-refractivity contribution in [3.8, 4) is 17.3 Å². The molecule has 0 saturated heterocycles. The van der Waals surface area contributed by atoms with Crippen LogP contribution in [-0.2, 0) is 0 Å². The molecule has 2 heterocycles. The van der Waals surface area contributed by atoms with Gasteiger partial charge in [0, 0.05) is 18.0 Å². The van der Waals surface area contributed by atoms with Crippen molar-refractivity contribution < 1.29 is 4.74 Å². The third-order valence-electron chi connectivity index (χ3n) is 2.18. The zero-order valence-corrected chi connectivity index (χ0v) is 9.14. The maximum atomic E-state index is 5.64. The number of nitrogen functional groups attached to an aromatic ring is 1. The lowest BCUT2D eigenvalue weighted by atomic mass is 10.1. The first kappa shape index (κ1) is 10.4. The summed E-state index contributed by atoms with van der Waals surface area (Å²) in [6.07, 6.45) is 4.97. The van der Waals surface area contributed by atoms with Gasteiger partial charge in [-0.1, -0.05) is 0 Å². The van der Waals surface area contributed by atoms with E-state index in [4.69, 9.17) is 10.5 Å². The highest BCUT2D eigenvalue weighted by Gasteiger charge is 2.05. The smallest absolute Gasteiger partial charge is 0.316 e. The van der Waals surface area contributed by atoms with Gasteiger partial charge < -0.3 is 10.5 Å². The van der Waals surface area contributed by atoms with Gasteiger partial charge in [-0.05, 0) is 18.6 Å². The third kappa shape index (κ3) is 1.93. The van der Waals surface area contributed by atoms with Crippen LogP contribution in [0.25, 0.3) is 11.3 Å². The van der Waals surface area contributed by atoms with E-state index < -0.39 is 0 Å². The number of rotatable bonds is 2. The number of anilines is 1. The molecule has 0 atom stereocenters. The average molecular weight is 216 g/mol. The molecule has 0 saturated carbocycles. The second kappa shape index (κ2) is 4.14. The van der Waals surface area contributed by atoms with E-state index in [0.717, 1.165) is 16.8 Å². The van der Waals surface area contributed by atoms with Crippen molar-refractivity contribution in [2.24, 2.45) is 0 Å². The van der Waals surface area contributed by atoms with Gasteiger partial charge >= 0.3 is 6.01 Å². The minimum atomic E-state index is 0.344. The fourth-order valence-electron chi connectivity index (χ4n) is 1.44. The van der Waals surface area contributed by atoms with Gasteiger partial charge in [0.2, 0.25) is 0 Å². The number of nitrogens with two attached hydrogens (primary N) is 1. The molecular weight excluding hydrogens is 204 g/mol. The molecule has 16 heavy (non-hydrogen) atoms. The van der Waals surface area contributed by atoms with Crippen LogP contribution in [-0.4, -0.2) is 22.1 Å². The molecule has 0 bridgehead atoms. The predicted octanol–water partition coefficient (Wildman–Crippen LogP) is 1.44. The van der Waals surface area contributed by atoms with Crippen molar-refractivity contribution in [2.75, 3.05) is 12.8 Å². The lowest BCUT2D eigenvalue weighted by Crippen LogP contribution is -1.95. The summed E-state index contributed by atoms with van der Waals surface area (Å²) in [6, 6.07) is 2.21. The number of methoxy groups -OCH3 is 1. The number of aryl methyl sites for hydroxylation is 1. The number of nitrogens with zero attached hydrogens (tertiary/aromatic N) is 3. The lowest BCUT2D eigenvalue weighted by Gasteiger charge is -2.05. The van der Waals surface area contributed by atoms with Crippen LogP contribution in [0.15, 0.2) is 24.7 Å².